The highest BCUT2D eigenvalue weighted by molar-refractivity contribution is 6.33. The smallest absolute Gasteiger partial charge is 0.417 e. The summed E-state index contributed by atoms with van der Waals surface area (Å²) < 4.78 is 51.0. The predicted molar refractivity (Wildman–Crippen MR) is 103 cm³/mol. The van der Waals surface area contributed by atoms with Crippen molar-refractivity contribution in [3.8, 4) is 17.3 Å². The Hall–Kier alpha value is -3.18. The third-order valence-electron chi connectivity index (χ3n) is 4.59. The monoisotopic (exact) mass is 454 g/mol. The second-order valence-corrected chi connectivity index (χ2v) is 7.19. The van der Waals surface area contributed by atoms with Crippen LogP contribution in [0.25, 0.3) is 11.3 Å². The Labute approximate surface area is 178 Å². The lowest BCUT2D eigenvalue weighted by molar-refractivity contribution is -0.389. The van der Waals surface area contributed by atoms with Crippen LogP contribution in [0.3, 0.4) is 0 Å². The van der Waals surface area contributed by atoms with Crippen molar-refractivity contribution in [2.45, 2.75) is 25.4 Å². The van der Waals surface area contributed by atoms with Gasteiger partial charge in [0.05, 0.1) is 29.4 Å². The number of rotatable bonds is 5. The van der Waals surface area contributed by atoms with Gasteiger partial charge in [-0.3, -0.25) is 9.55 Å². The SMILES string of the molecule is O=[N+]([O-])c1cn2c(n1)OC[C@H](OCc1ccc(-c3ncc(C(F)(F)F)cc3Cl)cc1)C2. The first-order valence-electron chi connectivity index (χ1n) is 8.99. The summed E-state index contributed by atoms with van der Waals surface area (Å²) in [6.07, 6.45) is -2.80. The van der Waals surface area contributed by atoms with Crippen molar-refractivity contribution in [3.05, 3.63) is 69.0 Å². The third-order valence-corrected chi connectivity index (χ3v) is 4.88. The van der Waals surface area contributed by atoms with E-state index in [9.17, 15) is 23.3 Å². The summed E-state index contributed by atoms with van der Waals surface area (Å²) >= 11 is 5.98. The predicted octanol–water partition coefficient (Wildman–Crippen LogP) is 4.50. The van der Waals surface area contributed by atoms with Crippen LogP contribution in [0.1, 0.15) is 11.1 Å². The van der Waals surface area contributed by atoms with E-state index in [1.165, 1.54) is 10.8 Å². The van der Waals surface area contributed by atoms with Gasteiger partial charge in [0.2, 0.25) is 0 Å². The van der Waals surface area contributed by atoms with E-state index in [2.05, 4.69) is 9.97 Å². The number of halogens is 4. The minimum atomic E-state index is -4.51. The Morgan fingerprint density at radius 1 is 1.32 bits per heavy atom. The van der Waals surface area contributed by atoms with E-state index in [0.29, 0.717) is 12.1 Å². The molecule has 0 bridgehead atoms. The van der Waals surface area contributed by atoms with Crippen LogP contribution in [-0.2, 0) is 24.1 Å². The lowest BCUT2D eigenvalue weighted by atomic mass is 10.1. The summed E-state index contributed by atoms with van der Waals surface area (Å²) in [4.78, 5) is 17.8. The van der Waals surface area contributed by atoms with Crippen molar-refractivity contribution in [1.29, 1.82) is 0 Å². The second kappa shape index (κ2) is 8.16. The van der Waals surface area contributed by atoms with Gasteiger partial charge in [0, 0.05) is 16.7 Å². The highest BCUT2D eigenvalue weighted by atomic mass is 35.5. The van der Waals surface area contributed by atoms with E-state index in [0.717, 1.165) is 17.8 Å². The minimum absolute atomic E-state index is 0.0941. The molecule has 0 spiro atoms. The van der Waals surface area contributed by atoms with Gasteiger partial charge in [0.1, 0.15) is 18.9 Å². The third kappa shape index (κ3) is 4.62. The van der Waals surface area contributed by atoms with E-state index in [-0.39, 0.29) is 41.9 Å². The molecule has 4 rings (SSSR count). The van der Waals surface area contributed by atoms with Gasteiger partial charge in [-0.15, -0.1) is 0 Å². The molecule has 31 heavy (non-hydrogen) atoms. The van der Waals surface area contributed by atoms with Crippen molar-refractivity contribution in [2.24, 2.45) is 0 Å². The molecule has 3 aromatic rings. The van der Waals surface area contributed by atoms with Gasteiger partial charge >= 0.3 is 18.0 Å². The van der Waals surface area contributed by atoms with Gasteiger partial charge < -0.3 is 19.6 Å². The molecule has 0 saturated carbocycles. The molecule has 0 aliphatic carbocycles. The van der Waals surface area contributed by atoms with Crippen LogP contribution in [0.2, 0.25) is 5.02 Å². The summed E-state index contributed by atoms with van der Waals surface area (Å²) in [5.41, 5.74) is 0.720. The zero-order valence-corrected chi connectivity index (χ0v) is 16.4. The van der Waals surface area contributed by atoms with Crippen LogP contribution in [0.15, 0.2) is 42.7 Å². The second-order valence-electron chi connectivity index (χ2n) is 6.78. The van der Waals surface area contributed by atoms with E-state index < -0.39 is 16.7 Å². The molecule has 0 radical (unpaired) electrons. The number of hydrogen-bond donors (Lipinski definition) is 0. The van der Waals surface area contributed by atoms with Crippen molar-refractivity contribution in [1.82, 2.24) is 14.5 Å². The van der Waals surface area contributed by atoms with Gasteiger partial charge in [0.15, 0.2) is 0 Å². The summed E-state index contributed by atoms with van der Waals surface area (Å²) in [5, 5.41) is 10.7. The van der Waals surface area contributed by atoms with Gasteiger partial charge in [-0.25, -0.2) is 0 Å². The molecule has 1 atom stereocenters. The zero-order chi connectivity index (χ0) is 22.2. The Bertz CT molecular complexity index is 1120. The Morgan fingerprint density at radius 2 is 2.06 bits per heavy atom. The van der Waals surface area contributed by atoms with Gasteiger partial charge in [-0.2, -0.15) is 13.2 Å². The summed E-state index contributed by atoms with van der Waals surface area (Å²) in [6.45, 7) is 0.811. The molecule has 0 unspecified atom stereocenters. The number of benzene rings is 1. The van der Waals surface area contributed by atoms with Crippen molar-refractivity contribution in [2.75, 3.05) is 6.61 Å². The largest absolute Gasteiger partial charge is 0.443 e. The molecule has 1 aromatic carbocycles. The molecule has 1 aliphatic heterocycles. The lowest BCUT2D eigenvalue weighted by Crippen LogP contribution is -2.32. The van der Waals surface area contributed by atoms with E-state index >= 15 is 0 Å². The molecule has 0 amide bonds. The molecule has 0 saturated heterocycles. The fraction of sp³-hybridized carbons (Fsp3) is 0.263. The standard InChI is InChI=1S/C19H14ClF3N4O4/c20-15-5-13(19(21,22)23)6-24-17(15)12-3-1-11(2-4-12)9-30-14-7-26-8-16(27(28)29)25-18(26)31-10-14/h1-6,8,14H,7,9-10H2/t14-/m1/s1. The van der Waals surface area contributed by atoms with Crippen molar-refractivity contribution >= 4 is 17.4 Å². The van der Waals surface area contributed by atoms with Crippen LogP contribution >= 0.6 is 11.6 Å². The van der Waals surface area contributed by atoms with Crippen LogP contribution in [-0.4, -0.2) is 32.2 Å². The Kier molecular flexibility index (Phi) is 5.54. The summed E-state index contributed by atoms with van der Waals surface area (Å²) in [6, 6.07) is 7.91. The van der Waals surface area contributed by atoms with Gasteiger partial charge in [-0.1, -0.05) is 35.9 Å². The maximum atomic E-state index is 12.8. The number of ether oxygens (including phenoxy) is 2. The highest BCUT2D eigenvalue weighted by Gasteiger charge is 2.32. The molecule has 0 N–H and O–H groups in total. The number of fused-ring (bicyclic) bond motifs is 1. The molecule has 8 nitrogen and oxygen atoms in total. The number of nitrogens with zero attached hydrogens (tertiary/aromatic N) is 4. The molecule has 3 heterocycles. The molecule has 2 aromatic heterocycles. The lowest BCUT2D eigenvalue weighted by Gasteiger charge is -2.22. The first-order chi connectivity index (χ1) is 14.7. The quantitative estimate of drug-likeness (QED) is 0.416. The highest BCUT2D eigenvalue weighted by Crippen LogP contribution is 2.34. The van der Waals surface area contributed by atoms with E-state index in [4.69, 9.17) is 21.1 Å². The average molecular weight is 455 g/mol. The summed E-state index contributed by atoms with van der Waals surface area (Å²) in [7, 11) is 0. The minimum Gasteiger partial charge on any atom is -0.443 e. The van der Waals surface area contributed by atoms with Crippen LogP contribution in [0.5, 0.6) is 6.01 Å². The molecule has 0 fully saturated rings. The van der Waals surface area contributed by atoms with Crippen LogP contribution in [0.4, 0.5) is 19.0 Å². The molecular weight excluding hydrogens is 441 g/mol. The fourth-order valence-electron chi connectivity index (χ4n) is 3.04. The molecule has 12 heteroatoms. The topological polar surface area (TPSA) is 92.3 Å². The zero-order valence-electron chi connectivity index (χ0n) is 15.7. The first kappa shape index (κ1) is 21.1. The maximum absolute atomic E-state index is 12.8. The van der Waals surface area contributed by atoms with E-state index in [1.54, 1.807) is 24.3 Å². The number of pyridine rings is 1. The van der Waals surface area contributed by atoms with Gasteiger partial charge in [-0.05, 0) is 16.6 Å². The van der Waals surface area contributed by atoms with Crippen molar-refractivity contribution < 1.29 is 27.6 Å². The molecular formula is C19H14ClF3N4O4. The number of aromatic nitrogens is 3. The van der Waals surface area contributed by atoms with Crippen molar-refractivity contribution in [3.63, 3.8) is 0 Å². The normalized spacial score (nSPS) is 15.9. The fourth-order valence-corrected chi connectivity index (χ4v) is 3.31. The number of nitro groups is 1. The molecule has 162 valence electrons. The number of imidazole rings is 1. The van der Waals surface area contributed by atoms with E-state index in [1.807, 2.05) is 0 Å². The maximum Gasteiger partial charge on any atom is 0.417 e. The first-order valence-corrected chi connectivity index (χ1v) is 9.36. The Balaban J connectivity index is 1.39. The molecule has 1 aliphatic rings. The Morgan fingerprint density at radius 3 is 2.71 bits per heavy atom. The summed E-state index contributed by atoms with van der Waals surface area (Å²) in [5.74, 6) is -0.290. The van der Waals surface area contributed by atoms with Crippen LogP contribution < -0.4 is 4.74 Å². The van der Waals surface area contributed by atoms with Gasteiger partial charge in [0.25, 0.3) is 0 Å². The number of hydrogen-bond acceptors (Lipinski definition) is 6. The number of alkyl halides is 3. The average Bonchev–Trinajstić information content (AvgIpc) is 3.16. The van der Waals surface area contributed by atoms with Crippen LogP contribution in [0, 0.1) is 10.1 Å².